The Morgan fingerprint density at radius 1 is 1.67 bits per heavy atom. The highest BCUT2D eigenvalue weighted by molar-refractivity contribution is 14.1. The molecule has 0 bridgehead atoms. The second kappa shape index (κ2) is 2.72. The molecule has 0 spiro atoms. The fourth-order valence-electron chi connectivity index (χ4n) is 1.15. The summed E-state index contributed by atoms with van der Waals surface area (Å²) in [5, 5.41) is 3.43. The van der Waals surface area contributed by atoms with E-state index in [4.69, 9.17) is 0 Å². The van der Waals surface area contributed by atoms with Gasteiger partial charge in [-0.1, -0.05) is 22.6 Å². The standard InChI is InChI=1S/C6H13IN2/c1-6(7)5-9(2)4-3-8-6/h8H,3-5H2,1-2H3. The molecule has 1 N–H and O–H groups in total. The Morgan fingerprint density at radius 3 is 2.67 bits per heavy atom. The lowest BCUT2D eigenvalue weighted by molar-refractivity contribution is 0.240. The Kier molecular flexibility index (Phi) is 2.34. The van der Waals surface area contributed by atoms with Crippen LogP contribution >= 0.6 is 22.6 Å². The molecule has 2 nitrogen and oxygen atoms in total. The van der Waals surface area contributed by atoms with Crippen molar-refractivity contribution in [3.63, 3.8) is 0 Å². The molecule has 1 atom stereocenters. The van der Waals surface area contributed by atoms with Crippen LogP contribution in [0.2, 0.25) is 0 Å². The van der Waals surface area contributed by atoms with Crippen LogP contribution in [-0.4, -0.2) is 35.1 Å². The molecule has 1 aliphatic rings. The van der Waals surface area contributed by atoms with Crippen molar-refractivity contribution in [1.29, 1.82) is 0 Å². The van der Waals surface area contributed by atoms with Crippen LogP contribution in [0.1, 0.15) is 6.92 Å². The van der Waals surface area contributed by atoms with Gasteiger partial charge < -0.3 is 10.2 Å². The molecular formula is C6H13IN2. The summed E-state index contributed by atoms with van der Waals surface area (Å²) < 4.78 is 0.296. The van der Waals surface area contributed by atoms with Crippen LogP contribution in [0.25, 0.3) is 0 Å². The van der Waals surface area contributed by atoms with E-state index >= 15 is 0 Å². The Balaban J connectivity index is 2.41. The minimum atomic E-state index is 0.296. The maximum atomic E-state index is 3.43. The molecular weight excluding hydrogens is 227 g/mol. The van der Waals surface area contributed by atoms with Gasteiger partial charge in [0.25, 0.3) is 0 Å². The summed E-state index contributed by atoms with van der Waals surface area (Å²) in [5.74, 6) is 0. The number of nitrogens with zero attached hydrogens (tertiary/aromatic N) is 1. The normalized spacial score (nSPS) is 39.0. The van der Waals surface area contributed by atoms with E-state index in [0.717, 1.165) is 13.1 Å². The molecule has 1 fully saturated rings. The lowest BCUT2D eigenvalue weighted by Crippen LogP contribution is -2.53. The topological polar surface area (TPSA) is 15.3 Å². The number of hydrogen-bond donors (Lipinski definition) is 1. The molecule has 1 unspecified atom stereocenters. The summed E-state index contributed by atoms with van der Waals surface area (Å²) in [7, 11) is 2.16. The van der Waals surface area contributed by atoms with E-state index in [-0.39, 0.29) is 0 Å². The van der Waals surface area contributed by atoms with Crippen molar-refractivity contribution in [2.45, 2.75) is 10.5 Å². The highest BCUT2D eigenvalue weighted by Gasteiger charge is 2.24. The molecule has 0 aromatic heterocycles. The van der Waals surface area contributed by atoms with E-state index < -0.39 is 0 Å². The summed E-state index contributed by atoms with van der Waals surface area (Å²) in [4.78, 5) is 2.35. The number of nitrogens with one attached hydrogen (secondary N) is 1. The van der Waals surface area contributed by atoms with Gasteiger partial charge in [0.2, 0.25) is 0 Å². The van der Waals surface area contributed by atoms with Crippen molar-refractivity contribution in [2.24, 2.45) is 0 Å². The van der Waals surface area contributed by atoms with Gasteiger partial charge in [-0.15, -0.1) is 0 Å². The Bertz CT molecular complexity index is 103. The van der Waals surface area contributed by atoms with Gasteiger partial charge in [0.1, 0.15) is 0 Å². The zero-order valence-corrected chi connectivity index (χ0v) is 8.10. The van der Waals surface area contributed by atoms with Gasteiger partial charge in [-0.3, -0.25) is 0 Å². The predicted molar refractivity (Wildman–Crippen MR) is 47.9 cm³/mol. The average molecular weight is 240 g/mol. The molecule has 1 saturated heterocycles. The number of likely N-dealkylation sites (N-methyl/N-ethyl adjacent to an activating group) is 1. The van der Waals surface area contributed by atoms with Crippen LogP contribution in [0.5, 0.6) is 0 Å². The van der Waals surface area contributed by atoms with Crippen LogP contribution in [0.3, 0.4) is 0 Å². The van der Waals surface area contributed by atoms with E-state index in [2.05, 4.69) is 46.8 Å². The van der Waals surface area contributed by atoms with Crippen molar-refractivity contribution in [2.75, 3.05) is 26.7 Å². The number of halogens is 1. The van der Waals surface area contributed by atoms with Crippen LogP contribution in [0, 0.1) is 0 Å². The summed E-state index contributed by atoms with van der Waals surface area (Å²) >= 11 is 2.45. The Hall–Kier alpha value is 0.650. The van der Waals surface area contributed by atoms with E-state index in [1.54, 1.807) is 0 Å². The summed E-state index contributed by atoms with van der Waals surface area (Å²) in [6, 6.07) is 0. The third-order valence-electron chi connectivity index (χ3n) is 1.55. The lowest BCUT2D eigenvalue weighted by Gasteiger charge is -2.35. The zero-order valence-electron chi connectivity index (χ0n) is 5.95. The van der Waals surface area contributed by atoms with Crippen molar-refractivity contribution in [3.05, 3.63) is 0 Å². The van der Waals surface area contributed by atoms with Crippen molar-refractivity contribution >= 4 is 22.6 Å². The SMILES string of the molecule is CN1CCNC(C)(I)C1. The highest BCUT2D eigenvalue weighted by atomic mass is 127. The molecule has 3 heteroatoms. The summed E-state index contributed by atoms with van der Waals surface area (Å²) in [5.41, 5.74) is 0. The van der Waals surface area contributed by atoms with Gasteiger partial charge in [0, 0.05) is 19.6 Å². The average Bonchev–Trinajstić information content (AvgIpc) is 1.60. The van der Waals surface area contributed by atoms with Crippen molar-refractivity contribution in [1.82, 2.24) is 10.2 Å². The van der Waals surface area contributed by atoms with Gasteiger partial charge in [-0.05, 0) is 14.0 Å². The summed E-state index contributed by atoms with van der Waals surface area (Å²) in [6.45, 7) is 5.67. The van der Waals surface area contributed by atoms with Gasteiger partial charge in [0.15, 0.2) is 0 Å². The lowest BCUT2D eigenvalue weighted by atomic mass is 10.2. The highest BCUT2D eigenvalue weighted by Crippen LogP contribution is 2.17. The molecule has 54 valence electrons. The zero-order chi connectivity index (χ0) is 6.91. The smallest absolute Gasteiger partial charge is 0.0805 e. The van der Waals surface area contributed by atoms with Gasteiger partial charge in [-0.25, -0.2) is 0 Å². The monoisotopic (exact) mass is 240 g/mol. The third-order valence-corrected chi connectivity index (χ3v) is 2.28. The minimum absolute atomic E-state index is 0.296. The fourth-order valence-corrected chi connectivity index (χ4v) is 2.00. The molecule has 1 aliphatic heterocycles. The Labute approximate surface area is 70.1 Å². The molecule has 0 radical (unpaired) electrons. The first kappa shape index (κ1) is 7.75. The van der Waals surface area contributed by atoms with Crippen LogP contribution < -0.4 is 5.32 Å². The van der Waals surface area contributed by atoms with Gasteiger partial charge in [0.05, 0.1) is 3.55 Å². The largest absolute Gasteiger partial charge is 0.302 e. The molecule has 0 aromatic carbocycles. The van der Waals surface area contributed by atoms with E-state index in [0.29, 0.717) is 3.55 Å². The maximum absolute atomic E-state index is 3.43. The second-order valence-electron chi connectivity index (χ2n) is 2.86. The van der Waals surface area contributed by atoms with E-state index in [9.17, 15) is 0 Å². The first-order valence-electron chi connectivity index (χ1n) is 3.23. The number of alkyl halides is 1. The molecule has 0 saturated carbocycles. The molecule has 0 aromatic rings. The number of rotatable bonds is 0. The fraction of sp³-hybridized carbons (Fsp3) is 1.00. The van der Waals surface area contributed by atoms with Crippen LogP contribution in [0.15, 0.2) is 0 Å². The minimum Gasteiger partial charge on any atom is -0.302 e. The quantitative estimate of drug-likeness (QED) is 0.380. The molecule has 1 rings (SSSR count). The number of hydrogen-bond acceptors (Lipinski definition) is 2. The Morgan fingerprint density at radius 2 is 2.33 bits per heavy atom. The van der Waals surface area contributed by atoms with E-state index in [1.165, 1.54) is 6.54 Å². The van der Waals surface area contributed by atoms with Gasteiger partial charge >= 0.3 is 0 Å². The van der Waals surface area contributed by atoms with Crippen molar-refractivity contribution < 1.29 is 0 Å². The van der Waals surface area contributed by atoms with Gasteiger partial charge in [-0.2, -0.15) is 0 Å². The molecule has 0 aliphatic carbocycles. The first-order valence-corrected chi connectivity index (χ1v) is 4.30. The molecule has 0 amide bonds. The molecule has 9 heavy (non-hydrogen) atoms. The summed E-state index contributed by atoms with van der Waals surface area (Å²) in [6.07, 6.45) is 0. The van der Waals surface area contributed by atoms with E-state index in [1.807, 2.05) is 0 Å². The number of piperazine rings is 1. The van der Waals surface area contributed by atoms with Crippen molar-refractivity contribution in [3.8, 4) is 0 Å². The molecule has 1 heterocycles. The first-order chi connectivity index (χ1) is 4.10. The predicted octanol–water partition coefficient (Wildman–Crippen LogP) is 0.673. The second-order valence-corrected chi connectivity index (χ2v) is 5.24. The van der Waals surface area contributed by atoms with Crippen LogP contribution in [0.4, 0.5) is 0 Å². The third kappa shape index (κ3) is 2.39. The maximum Gasteiger partial charge on any atom is 0.0805 e. The van der Waals surface area contributed by atoms with Crippen LogP contribution in [-0.2, 0) is 0 Å².